The van der Waals surface area contributed by atoms with E-state index >= 15 is 0 Å². The molecule has 5 aromatic rings. The summed E-state index contributed by atoms with van der Waals surface area (Å²) >= 11 is 0. The minimum atomic E-state index is -0.152. The summed E-state index contributed by atoms with van der Waals surface area (Å²) in [5.74, 6) is 1.07. The number of fused-ring (bicyclic) bond motifs is 3. The maximum absolute atomic E-state index is 12.4. The fraction of sp³-hybridized carbons (Fsp3) is 0.227. The minimum Gasteiger partial charge on any atom is -1.00 e. The van der Waals surface area contributed by atoms with Gasteiger partial charge in [-0.1, -0.05) is 30.3 Å². The van der Waals surface area contributed by atoms with E-state index in [1.165, 1.54) is 10.1 Å². The Labute approximate surface area is 195 Å². The van der Waals surface area contributed by atoms with E-state index < -0.39 is 0 Å². The zero-order valence-corrected chi connectivity index (χ0v) is 18.6. The summed E-state index contributed by atoms with van der Waals surface area (Å²) in [4.78, 5) is 21.6. The first-order valence-electron chi connectivity index (χ1n) is 10.5. The Balaban J connectivity index is 0.00000259. The van der Waals surface area contributed by atoms with Crippen LogP contribution in [0.5, 0.6) is 0 Å². The number of carbonyl (C=O) groups is 1. The van der Waals surface area contributed by atoms with Gasteiger partial charge in [0.15, 0.2) is 17.1 Å². The molecule has 10 nitrogen and oxygen atoms in total. The lowest BCUT2D eigenvalue weighted by Gasteiger charge is -2.05. The average Bonchev–Trinajstić information content (AvgIpc) is 3.55. The van der Waals surface area contributed by atoms with Gasteiger partial charge in [-0.05, 0) is 24.1 Å². The lowest BCUT2D eigenvalue weighted by molar-refractivity contribution is -0.368. The van der Waals surface area contributed by atoms with Crippen molar-refractivity contribution >= 4 is 28.5 Å². The molecule has 0 bridgehead atoms. The van der Waals surface area contributed by atoms with Crippen molar-refractivity contribution < 1.29 is 27.4 Å². The molecule has 4 N–H and O–H groups in total. The quantitative estimate of drug-likeness (QED) is 0.300. The third kappa shape index (κ3) is 4.71. The number of quaternary nitrogens is 1. The highest BCUT2D eigenvalue weighted by Gasteiger charge is 2.19. The van der Waals surface area contributed by atoms with E-state index in [1.54, 1.807) is 18.4 Å². The molecule has 0 aliphatic heterocycles. The molecule has 0 fully saturated rings. The van der Waals surface area contributed by atoms with Crippen LogP contribution in [0.1, 0.15) is 18.4 Å². The van der Waals surface area contributed by atoms with Crippen molar-refractivity contribution in [3.63, 3.8) is 0 Å². The van der Waals surface area contributed by atoms with E-state index in [1.807, 2.05) is 29.1 Å². The van der Waals surface area contributed by atoms with E-state index in [0.717, 1.165) is 11.8 Å². The van der Waals surface area contributed by atoms with Gasteiger partial charge in [0.1, 0.15) is 0 Å². The van der Waals surface area contributed by atoms with Crippen LogP contribution < -0.4 is 23.5 Å². The second-order valence-electron chi connectivity index (χ2n) is 7.45. The summed E-state index contributed by atoms with van der Waals surface area (Å²) in [7, 11) is 0. The smallest absolute Gasteiger partial charge is 0.234 e. The minimum absolute atomic E-state index is 0. The molecule has 0 radical (unpaired) electrons. The third-order valence-corrected chi connectivity index (χ3v) is 5.12. The van der Waals surface area contributed by atoms with Gasteiger partial charge in [-0.15, -0.1) is 5.10 Å². The highest BCUT2D eigenvalue weighted by atomic mass is 35.5. The molecule has 0 unspecified atom stereocenters. The summed E-state index contributed by atoms with van der Waals surface area (Å²) in [6.07, 6.45) is 5.37. The zero-order chi connectivity index (χ0) is 21.9. The molecule has 0 aliphatic carbocycles. The van der Waals surface area contributed by atoms with Crippen LogP contribution in [0.2, 0.25) is 0 Å². The van der Waals surface area contributed by atoms with E-state index in [2.05, 4.69) is 43.3 Å². The first-order valence-corrected chi connectivity index (χ1v) is 10.5. The first-order chi connectivity index (χ1) is 15.7. The van der Waals surface area contributed by atoms with Crippen molar-refractivity contribution in [3.05, 3.63) is 60.5 Å². The molecule has 170 valence electrons. The van der Waals surface area contributed by atoms with Crippen molar-refractivity contribution in [3.8, 4) is 11.6 Å². The maximum Gasteiger partial charge on any atom is 0.234 e. The van der Waals surface area contributed by atoms with Gasteiger partial charge in [-0.3, -0.25) is 14.8 Å². The Kier molecular flexibility index (Phi) is 6.66. The highest BCUT2D eigenvalue weighted by Crippen LogP contribution is 2.24. The summed E-state index contributed by atoms with van der Waals surface area (Å²) in [6.45, 7) is 1.38. The van der Waals surface area contributed by atoms with Crippen molar-refractivity contribution in [2.75, 3.05) is 11.9 Å². The number of nitrogens with one attached hydrogen (secondary N) is 1. The Morgan fingerprint density at radius 2 is 1.94 bits per heavy atom. The van der Waals surface area contributed by atoms with Crippen molar-refractivity contribution in [1.29, 1.82) is 0 Å². The van der Waals surface area contributed by atoms with Crippen LogP contribution in [-0.2, 0) is 17.8 Å². The number of carbonyl (C=O) groups excluding carboxylic acids is 1. The molecule has 4 aromatic heterocycles. The molecule has 0 saturated carbocycles. The molecule has 11 heteroatoms. The largest absolute Gasteiger partial charge is 1.00 e. The summed E-state index contributed by atoms with van der Waals surface area (Å²) in [6, 6.07) is 13.8. The molecule has 4 heterocycles. The fourth-order valence-corrected chi connectivity index (χ4v) is 3.50. The topological polar surface area (TPSA) is 131 Å². The summed E-state index contributed by atoms with van der Waals surface area (Å²) in [5, 5.41) is 12.7. The number of halogens is 1. The van der Waals surface area contributed by atoms with E-state index in [-0.39, 0.29) is 24.3 Å². The molecule has 1 aromatic carbocycles. The van der Waals surface area contributed by atoms with E-state index in [9.17, 15) is 4.79 Å². The Morgan fingerprint density at radius 1 is 1.09 bits per heavy atom. The van der Waals surface area contributed by atoms with E-state index in [4.69, 9.17) is 4.42 Å². The molecule has 5 rings (SSSR count). The number of furan rings is 1. The van der Waals surface area contributed by atoms with Crippen LogP contribution in [0, 0.1) is 0 Å². The zero-order valence-electron chi connectivity index (χ0n) is 17.8. The highest BCUT2D eigenvalue weighted by molar-refractivity contribution is 5.94. The van der Waals surface area contributed by atoms with Crippen molar-refractivity contribution in [2.24, 2.45) is 0 Å². The molecular formula is C22H23ClN8O2. The van der Waals surface area contributed by atoms with Gasteiger partial charge < -0.3 is 22.6 Å². The Morgan fingerprint density at radius 3 is 2.70 bits per heavy atom. The van der Waals surface area contributed by atoms with Crippen LogP contribution in [-0.4, -0.2) is 41.8 Å². The number of rotatable bonds is 8. The molecule has 33 heavy (non-hydrogen) atoms. The summed E-state index contributed by atoms with van der Waals surface area (Å²) in [5.41, 5.74) is 6.06. The average molecular weight is 467 g/mol. The van der Waals surface area contributed by atoms with Gasteiger partial charge in [0.2, 0.25) is 17.7 Å². The summed E-state index contributed by atoms with van der Waals surface area (Å²) < 4.78 is 8.83. The van der Waals surface area contributed by atoms with Gasteiger partial charge >= 0.3 is 0 Å². The number of hydrogen-bond donors (Lipinski definition) is 2. The van der Waals surface area contributed by atoms with Crippen molar-refractivity contribution in [2.45, 2.75) is 25.8 Å². The van der Waals surface area contributed by atoms with Crippen LogP contribution in [0.15, 0.2) is 59.3 Å². The van der Waals surface area contributed by atoms with Gasteiger partial charge in [0.05, 0.1) is 18.2 Å². The lowest BCUT2D eigenvalue weighted by Crippen LogP contribution is -3.00. The molecule has 0 atom stereocenters. The number of aryl methyl sites for hydroxylation is 2. The Hall–Kier alpha value is -3.76. The van der Waals surface area contributed by atoms with Crippen LogP contribution >= 0.6 is 0 Å². The van der Waals surface area contributed by atoms with Gasteiger partial charge in [-0.25, -0.2) is 4.98 Å². The van der Waals surface area contributed by atoms with Crippen LogP contribution in [0.3, 0.4) is 0 Å². The molecule has 0 spiro atoms. The molecular weight excluding hydrogens is 444 g/mol. The Bertz CT molecular complexity index is 1360. The number of benzene rings is 1. The number of amides is 1. The predicted molar refractivity (Wildman–Crippen MR) is 118 cm³/mol. The van der Waals surface area contributed by atoms with Gasteiger partial charge in [0.25, 0.3) is 0 Å². The number of aromatic nitrogens is 6. The second kappa shape index (κ2) is 9.80. The van der Waals surface area contributed by atoms with Gasteiger partial charge in [-0.2, -0.15) is 14.6 Å². The molecule has 0 saturated heterocycles. The predicted octanol–water partition coefficient (Wildman–Crippen LogP) is -1.06. The lowest BCUT2D eigenvalue weighted by atomic mass is 10.1. The van der Waals surface area contributed by atoms with E-state index in [0.29, 0.717) is 48.8 Å². The molecule has 0 aliphatic rings. The first kappa shape index (κ1) is 22.4. The standard InChI is InChI=1S/C22H22N8O2.ClH/c23-11-4-9-18(31)24-22-26-19-16(14-29(27-19)12-10-15-6-2-1-3-7-15)21-25-20(28-30(21)22)17-8-5-13-32-17;/h1-3,5-8,13-14H,4,9-12,23H2,(H,24,26,27,31);1H. The number of nitrogens with zero attached hydrogens (tertiary/aromatic N) is 6. The van der Waals surface area contributed by atoms with Crippen LogP contribution in [0.4, 0.5) is 5.95 Å². The normalized spacial score (nSPS) is 11.1. The third-order valence-electron chi connectivity index (χ3n) is 5.12. The molecule has 1 amide bonds. The fourth-order valence-electron chi connectivity index (χ4n) is 3.50. The monoisotopic (exact) mass is 466 g/mol. The second-order valence-corrected chi connectivity index (χ2v) is 7.45. The SMILES string of the molecule is [Cl-].[NH3+]CCCC(=O)Nc1nc2nn(CCc3ccccc3)cc2c2nc(-c3ccco3)nn12. The van der Waals surface area contributed by atoms with Crippen LogP contribution in [0.25, 0.3) is 28.3 Å². The number of hydrogen-bond acceptors (Lipinski definition) is 6. The van der Waals surface area contributed by atoms with Gasteiger partial charge in [0, 0.05) is 25.6 Å². The van der Waals surface area contributed by atoms with Crippen molar-refractivity contribution in [1.82, 2.24) is 29.4 Å². The maximum atomic E-state index is 12.4. The number of anilines is 1.